The first-order valence-corrected chi connectivity index (χ1v) is 25.1. The highest BCUT2D eigenvalue weighted by Gasteiger charge is 2.59. The predicted molar refractivity (Wildman–Crippen MR) is 249 cm³/mol. The van der Waals surface area contributed by atoms with Gasteiger partial charge in [-0.15, -0.1) is 0 Å². The van der Waals surface area contributed by atoms with Gasteiger partial charge in [0.25, 0.3) is 0 Å². The molecule has 13 heterocycles. The molecule has 0 aromatic heterocycles. The standard InChI is InChI=1S/C47H84O29/c1-20-21(13-48)66-27(19-54-2)72-28-22(14-49)68-44(39(61-9)33(28)55-3)74-30-24(16-51)70-46(41(63-11)35(30)57-5)76-32-26(18-53)71-47(42(64-12)37(32)59-7)75-31-25(17-52)69-45(40(62-10)36(31)58-6)73-29-23(15-50)67-43(65-20)38(60-8)34(29)56-4/h20-53H,13-19H2,1-12H3. The van der Waals surface area contributed by atoms with Crippen molar-refractivity contribution in [2.24, 2.45) is 0 Å². The fourth-order valence-electron chi connectivity index (χ4n) is 10.9. The Morgan fingerprint density at radius 2 is 0.487 bits per heavy atom. The Kier molecular flexibility index (Phi) is 25.9. The van der Waals surface area contributed by atoms with E-state index in [0.29, 0.717) is 0 Å². The predicted octanol–water partition coefficient (Wildman–Crippen LogP) is -4.58. The van der Waals surface area contributed by atoms with Gasteiger partial charge in [-0.3, -0.25) is 0 Å². The molecule has 13 aliphatic rings. The van der Waals surface area contributed by atoms with Gasteiger partial charge in [-0.05, 0) is 6.92 Å². The number of hydrogen-bond donors (Lipinski definition) is 6. The zero-order valence-corrected chi connectivity index (χ0v) is 45.2. The van der Waals surface area contributed by atoms with Crippen LogP contribution in [0.25, 0.3) is 0 Å². The van der Waals surface area contributed by atoms with E-state index in [4.69, 9.17) is 109 Å². The third kappa shape index (κ3) is 13.7. The van der Waals surface area contributed by atoms with Crippen LogP contribution in [0.2, 0.25) is 0 Å². The van der Waals surface area contributed by atoms with Crippen LogP contribution in [-0.4, -0.2) is 327 Å². The minimum Gasteiger partial charge on any atom is -0.394 e. The first-order valence-electron chi connectivity index (χ1n) is 25.1. The molecule has 28 unspecified atom stereocenters. The van der Waals surface area contributed by atoms with Crippen LogP contribution in [0, 0.1) is 0 Å². The largest absolute Gasteiger partial charge is 0.394 e. The van der Waals surface area contributed by atoms with Crippen molar-refractivity contribution in [2.45, 2.75) is 179 Å². The first-order chi connectivity index (χ1) is 36.8. The lowest BCUT2D eigenvalue weighted by molar-refractivity contribution is -0.402. The molecule has 76 heavy (non-hydrogen) atoms. The summed E-state index contributed by atoms with van der Waals surface area (Å²) in [5.41, 5.74) is 0. The van der Waals surface area contributed by atoms with Crippen molar-refractivity contribution < 1.29 is 140 Å². The van der Waals surface area contributed by atoms with E-state index in [1.54, 1.807) is 6.92 Å². The van der Waals surface area contributed by atoms with Crippen molar-refractivity contribution in [1.82, 2.24) is 0 Å². The molecule has 29 heteroatoms. The van der Waals surface area contributed by atoms with Gasteiger partial charge >= 0.3 is 0 Å². The average molecular weight is 1110 g/mol. The second kappa shape index (κ2) is 30.8. The molecule has 0 aromatic carbocycles. The number of fused-ring (bicyclic) bond motifs is 1. The van der Waals surface area contributed by atoms with Gasteiger partial charge in [-0.1, -0.05) is 0 Å². The molecule has 6 N–H and O–H groups in total. The molecule has 0 radical (unpaired) electrons. The molecule has 13 rings (SSSR count). The van der Waals surface area contributed by atoms with Crippen LogP contribution >= 0.6 is 0 Å². The molecule has 13 aliphatic heterocycles. The maximum Gasteiger partial charge on any atom is 0.187 e. The molecule has 10 bridgehead atoms. The molecule has 13 fully saturated rings. The fourth-order valence-corrected chi connectivity index (χ4v) is 10.9. The van der Waals surface area contributed by atoms with Crippen molar-refractivity contribution >= 4 is 0 Å². The highest BCUT2D eigenvalue weighted by atomic mass is 16.8. The minimum absolute atomic E-state index is 0.206. The molecular formula is C47H84O29. The molecule has 0 saturated carbocycles. The second-order valence-corrected chi connectivity index (χ2v) is 18.7. The summed E-state index contributed by atoms with van der Waals surface area (Å²) in [5.74, 6) is 0. The maximum atomic E-state index is 10.9. The van der Waals surface area contributed by atoms with Gasteiger partial charge in [-0.25, -0.2) is 0 Å². The molecule has 0 aromatic rings. The van der Waals surface area contributed by atoms with E-state index >= 15 is 0 Å². The van der Waals surface area contributed by atoms with Gasteiger partial charge < -0.3 is 140 Å². The molecule has 29 nitrogen and oxygen atoms in total. The zero-order valence-electron chi connectivity index (χ0n) is 45.2. The Bertz CT molecular complexity index is 1630. The van der Waals surface area contributed by atoms with E-state index in [1.165, 1.54) is 78.2 Å². The van der Waals surface area contributed by atoms with Crippen LogP contribution in [0.1, 0.15) is 6.92 Å². The molecular weight excluding hydrogens is 1030 g/mol. The highest BCUT2D eigenvalue weighted by molar-refractivity contribution is 5.01. The lowest BCUT2D eigenvalue weighted by Gasteiger charge is -2.52. The Morgan fingerprint density at radius 3 is 0.697 bits per heavy atom. The van der Waals surface area contributed by atoms with E-state index in [1.807, 2.05) is 0 Å². The van der Waals surface area contributed by atoms with Gasteiger partial charge in [0, 0.05) is 78.2 Å². The summed E-state index contributed by atoms with van der Waals surface area (Å²) in [6.45, 7) is -2.41. The Balaban J connectivity index is 1.42. The van der Waals surface area contributed by atoms with Gasteiger partial charge in [0.15, 0.2) is 37.7 Å². The summed E-state index contributed by atoms with van der Waals surface area (Å²) in [6.07, 6.45) is -32.7. The summed E-state index contributed by atoms with van der Waals surface area (Å²) in [6, 6.07) is 0. The lowest BCUT2D eigenvalue weighted by Crippen LogP contribution is -2.69. The Hall–Kier alpha value is -1.16. The van der Waals surface area contributed by atoms with Crippen molar-refractivity contribution in [1.29, 1.82) is 0 Å². The monoisotopic (exact) mass is 1110 g/mol. The van der Waals surface area contributed by atoms with E-state index in [2.05, 4.69) is 0 Å². The number of rotatable bonds is 18. The number of aliphatic hydroxyl groups excluding tert-OH is 6. The van der Waals surface area contributed by atoms with Crippen LogP contribution in [0.4, 0.5) is 0 Å². The third-order valence-corrected chi connectivity index (χ3v) is 14.7. The van der Waals surface area contributed by atoms with E-state index in [0.717, 1.165) is 0 Å². The molecule has 28 atom stereocenters. The van der Waals surface area contributed by atoms with E-state index in [-0.39, 0.29) is 6.61 Å². The van der Waals surface area contributed by atoms with Gasteiger partial charge in [0.05, 0.1) is 52.4 Å². The fraction of sp³-hybridized carbons (Fsp3) is 1.00. The molecule has 0 spiro atoms. The minimum atomic E-state index is -1.36. The maximum absolute atomic E-state index is 10.9. The summed E-state index contributed by atoms with van der Waals surface area (Å²) in [4.78, 5) is 0. The molecule has 0 aliphatic carbocycles. The summed E-state index contributed by atoms with van der Waals surface area (Å²) >= 11 is 0. The topological polar surface area (TPSA) is 334 Å². The van der Waals surface area contributed by atoms with Crippen LogP contribution in [0.3, 0.4) is 0 Å². The third-order valence-electron chi connectivity index (χ3n) is 14.7. The van der Waals surface area contributed by atoms with E-state index < -0.39 is 212 Å². The lowest BCUT2D eigenvalue weighted by atomic mass is 9.94. The molecule has 0 amide bonds. The zero-order chi connectivity index (χ0) is 55.4. The Morgan fingerprint density at radius 1 is 0.263 bits per heavy atom. The SMILES string of the molecule is COCC1OC(CO)C(C)OC2OC(CO)C(OC3OC(CO)C(OC4OC(CO)C(OC5OC(CO)C(OC6OC(CO)C(O1)C(OC)C6OC)C(OC)C5OC)C(OC)C4OC)C(OC)C3OC)C(OC)C2OC. The molecule has 13 saturated heterocycles. The van der Waals surface area contributed by atoms with Crippen LogP contribution in [0.15, 0.2) is 0 Å². The number of ether oxygens (including phenoxy) is 23. The van der Waals surface area contributed by atoms with Crippen LogP contribution < -0.4 is 0 Å². The van der Waals surface area contributed by atoms with Gasteiger partial charge in [-0.2, -0.15) is 0 Å². The molecule has 446 valence electrons. The Labute approximate surface area is 442 Å². The smallest absolute Gasteiger partial charge is 0.187 e. The number of hydrogen-bond acceptors (Lipinski definition) is 29. The summed E-state index contributed by atoms with van der Waals surface area (Å²) < 4.78 is 143. The van der Waals surface area contributed by atoms with Crippen LogP contribution in [0.5, 0.6) is 0 Å². The number of aliphatic hydroxyl groups is 6. The van der Waals surface area contributed by atoms with Gasteiger partial charge in [0.1, 0.15) is 128 Å². The van der Waals surface area contributed by atoms with Crippen molar-refractivity contribution in [3.05, 3.63) is 0 Å². The quantitative estimate of drug-likeness (QED) is 0.0752. The summed E-state index contributed by atoms with van der Waals surface area (Å²) in [7, 11) is 15.3. The van der Waals surface area contributed by atoms with Crippen LogP contribution in [-0.2, 0) is 109 Å². The average Bonchev–Trinajstić information content (AvgIpc) is 3.45. The second-order valence-electron chi connectivity index (χ2n) is 18.7. The normalized spacial score (nSPS) is 47.1. The van der Waals surface area contributed by atoms with Crippen molar-refractivity contribution in [3.8, 4) is 0 Å². The van der Waals surface area contributed by atoms with Crippen molar-refractivity contribution in [3.63, 3.8) is 0 Å². The van der Waals surface area contributed by atoms with Gasteiger partial charge in [0.2, 0.25) is 0 Å². The summed E-state index contributed by atoms with van der Waals surface area (Å²) in [5, 5.41) is 65.3. The van der Waals surface area contributed by atoms with Crippen molar-refractivity contribution in [2.75, 3.05) is 124 Å². The van der Waals surface area contributed by atoms with E-state index in [9.17, 15) is 30.6 Å². The number of methoxy groups -OCH3 is 11. The first kappa shape index (κ1) is 64.0. The highest BCUT2D eigenvalue weighted by Crippen LogP contribution is 2.40.